The smallest absolute Gasteiger partial charge is 0.338 e. The summed E-state index contributed by atoms with van der Waals surface area (Å²) in [6.45, 7) is 7.93. The summed E-state index contributed by atoms with van der Waals surface area (Å²) in [6.07, 6.45) is 1.25. The van der Waals surface area contributed by atoms with Crippen molar-refractivity contribution in [2.24, 2.45) is 0 Å². The van der Waals surface area contributed by atoms with Gasteiger partial charge in [0.05, 0.1) is 11.7 Å². The SMILES string of the molecule is CCN1C(=O)C(=Cc2ccc(-c3ccc(C(=O)OC(C)C)cc3)o2)C(=O)N(CC)C1=S. The first kappa shape index (κ1) is 22.4. The molecule has 0 saturated carbocycles. The fourth-order valence-corrected chi connectivity index (χ4v) is 3.59. The van der Waals surface area contributed by atoms with E-state index < -0.39 is 11.8 Å². The van der Waals surface area contributed by atoms with Gasteiger partial charge in [-0.3, -0.25) is 19.4 Å². The summed E-state index contributed by atoms with van der Waals surface area (Å²) < 4.78 is 11.0. The highest BCUT2D eigenvalue weighted by atomic mass is 32.1. The lowest BCUT2D eigenvalue weighted by Crippen LogP contribution is -2.55. The first-order valence-corrected chi connectivity index (χ1v) is 10.5. The van der Waals surface area contributed by atoms with Crippen LogP contribution in [0.25, 0.3) is 17.4 Å². The molecule has 0 radical (unpaired) electrons. The first-order chi connectivity index (χ1) is 14.8. The van der Waals surface area contributed by atoms with Crippen LogP contribution in [0.1, 0.15) is 43.8 Å². The van der Waals surface area contributed by atoms with E-state index in [1.165, 1.54) is 15.9 Å². The van der Waals surface area contributed by atoms with Gasteiger partial charge in [0.2, 0.25) is 0 Å². The average Bonchev–Trinajstić information content (AvgIpc) is 3.20. The van der Waals surface area contributed by atoms with Crippen LogP contribution >= 0.6 is 12.2 Å². The number of likely N-dealkylation sites (N-methyl/N-ethyl adjacent to an activating group) is 2. The highest BCUT2D eigenvalue weighted by molar-refractivity contribution is 7.80. The molecule has 0 atom stereocenters. The number of benzene rings is 1. The minimum Gasteiger partial charge on any atom is -0.459 e. The van der Waals surface area contributed by atoms with Gasteiger partial charge in [0, 0.05) is 18.7 Å². The highest BCUT2D eigenvalue weighted by Crippen LogP contribution is 2.26. The van der Waals surface area contributed by atoms with Crippen LogP contribution in [-0.2, 0) is 14.3 Å². The molecule has 2 aromatic rings. The maximum atomic E-state index is 12.7. The molecule has 31 heavy (non-hydrogen) atoms. The number of hydrogen-bond acceptors (Lipinski definition) is 6. The molecule has 1 aromatic heterocycles. The second-order valence-corrected chi connectivity index (χ2v) is 7.54. The number of ether oxygens (including phenoxy) is 1. The Bertz CT molecular complexity index is 1020. The second kappa shape index (κ2) is 9.26. The van der Waals surface area contributed by atoms with E-state index in [1.807, 2.05) is 0 Å². The van der Waals surface area contributed by atoms with Crippen LogP contribution in [0.4, 0.5) is 0 Å². The quantitative estimate of drug-likeness (QED) is 0.293. The first-order valence-electron chi connectivity index (χ1n) is 10.1. The fourth-order valence-electron chi connectivity index (χ4n) is 3.16. The standard InChI is InChI=1S/C23H24N2O5S/c1-5-24-20(26)18(21(27)25(6-2)23(24)31)13-17-11-12-19(30-17)15-7-9-16(10-8-15)22(28)29-14(3)4/h7-14H,5-6H2,1-4H3. The maximum absolute atomic E-state index is 12.7. The molecule has 3 rings (SSSR count). The zero-order valence-electron chi connectivity index (χ0n) is 17.9. The monoisotopic (exact) mass is 440 g/mol. The summed E-state index contributed by atoms with van der Waals surface area (Å²) in [7, 11) is 0. The van der Waals surface area contributed by atoms with Gasteiger partial charge in [-0.15, -0.1) is 0 Å². The molecular weight excluding hydrogens is 416 g/mol. The molecule has 0 N–H and O–H groups in total. The molecule has 0 unspecified atom stereocenters. The summed E-state index contributed by atoms with van der Waals surface area (Å²) >= 11 is 5.26. The van der Waals surface area contributed by atoms with Crippen LogP contribution in [0.15, 0.2) is 46.4 Å². The highest BCUT2D eigenvalue weighted by Gasteiger charge is 2.38. The Morgan fingerprint density at radius 2 is 1.61 bits per heavy atom. The van der Waals surface area contributed by atoms with E-state index in [4.69, 9.17) is 21.4 Å². The number of amides is 2. The van der Waals surface area contributed by atoms with E-state index in [2.05, 4.69) is 0 Å². The topological polar surface area (TPSA) is 80.1 Å². The van der Waals surface area contributed by atoms with Gasteiger partial charge in [-0.05, 0) is 70.3 Å². The second-order valence-electron chi connectivity index (χ2n) is 7.17. The Balaban J connectivity index is 1.85. The summed E-state index contributed by atoms with van der Waals surface area (Å²) in [4.78, 5) is 40.2. The van der Waals surface area contributed by atoms with Crippen molar-refractivity contribution in [1.29, 1.82) is 0 Å². The van der Waals surface area contributed by atoms with Gasteiger partial charge in [0.15, 0.2) is 5.11 Å². The molecule has 2 amide bonds. The van der Waals surface area contributed by atoms with Gasteiger partial charge in [0.25, 0.3) is 11.8 Å². The van der Waals surface area contributed by atoms with Crippen molar-refractivity contribution in [3.63, 3.8) is 0 Å². The van der Waals surface area contributed by atoms with Gasteiger partial charge in [-0.25, -0.2) is 4.79 Å². The number of rotatable bonds is 6. The molecule has 0 aliphatic carbocycles. The number of carbonyl (C=O) groups is 3. The summed E-state index contributed by atoms with van der Waals surface area (Å²) in [5.74, 6) is -0.350. The lowest BCUT2D eigenvalue weighted by molar-refractivity contribution is -0.133. The molecule has 1 fully saturated rings. The third kappa shape index (κ3) is 4.59. The molecule has 162 valence electrons. The molecule has 2 heterocycles. The molecule has 1 aliphatic heterocycles. The van der Waals surface area contributed by atoms with Gasteiger partial charge in [0.1, 0.15) is 17.1 Å². The largest absolute Gasteiger partial charge is 0.459 e. The fraction of sp³-hybridized carbons (Fsp3) is 0.304. The number of nitrogens with zero attached hydrogens (tertiary/aromatic N) is 2. The van der Waals surface area contributed by atoms with Crippen molar-refractivity contribution in [3.05, 3.63) is 53.3 Å². The van der Waals surface area contributed by atoms with Gasteiger partial charge in [-0.1, -0.05) is 12.1 Å². The van der Waals surface area contributed by atoms with Crippen molar-refractivity contribution in [2.75, 3.05) is 13.1 Å². The minimum absolute atomic E-state index is 0.00461. The van der Waals surface area contributed by atoms with E-state index in [-0.39, 0.29) is 22.8 Å². The number of furan rings is 1. The summed E-state index contributed by atoms with van der Waals surface area (Å²) in [5.41, 5.74) is 1.20. The number of thiocarbonyl (C=S) groups is 1. The van der Waals surface area contributed by atoms with Gasteiger partial charge in [-0.2, -0.15) is 0 Å². The molecule has 0 bridgehead atoms. The van der Waals surface area contributed by atoms with Crippen LogP contribution in [0.3, 0.4) is 0 Å². The average molecular weight is 441 g/mol. The van der Waals surface area contributed by atoms with Gasteiger partial charge < -0.3 is 9.15 Å². The summed E-state index contributed by atoms with van der Waals surface area (Å²) in [6, 6.07) is 10.2. The normalized spacial score (nSPS) is 14.5. The molecule has 1 aromatic carbocycles. The van der Waals surface area contributed by atoms with Crippen molar-refractivity contribution in [1.82, 2.24) is 9.80 Å². The molecule has 1 aliphatic rings. The predicted molar refractivity (Wildman–Crippen MR) is 120 cm³/mol. The number of hydrogen-bond donors (Lipinski definition) is 0. The minimum atomic E-state index is -0.437. The van der Waals surface area contributed by atoms with Crippen LogP contribution in [0.2, 0.25) is 0 Å². The Labute approximate surface area is 186 Å². The van der Waals surface area contributed by atoms with E-state index in [9.17, 15) is 14.4 Å². The Morgan fingerprint density at radius 3 is 2.13 bits per heavy atom. The molecular formula is C23H24N2O5S. The van der Waals surface area contributed by atoms with Crippen LogP contribution < -0.4 is 0 Å². The van der Waals surface area contributed by atoms with Crippen molar-refractivity contribution in [2.45, 2.75) is 33.8 Å². The van der Waals surface area contributed by atoms with E-state index in [1.54, 1.807) is 64.1 Å². The van der Waals surface area contributed by atoms with E-state index in [0.29, 0.717) is 30.2 Å². The van der Waals surface area contributed by atoms with E-state index >= 15 is 0 Å². The predicted octanol–water partition coefficient (Wildman–Crippen LogP) is 3.89. The number of carbonyl (C=O) groups excluding carboxylic acids is 3. The summed E-state index contributed by atoms with van der Waals surface area (Å²) in [5, 5.41) is 0.216. The zero-order valence-corrected chi connectivity index (χ0v) is 18.7. The lowest BCUT2D eigenvalue weighted by Gasteiger charge is -2.35. The van der Waals surface area contributed by atoms with Crippen molar-refractivity contribution in [3.8, 4) is 11.3 Å². The Morgan fingerprint density at radius 1 is 1.03 bits per heavy atom. The molecule has 0 spiro atoms. The van der Waals surface area contributed by atoms with Crippen molar-refractivity contribution >= 4 is 41.2 Å². The Hall–Kier alpha value is -3.26. The van der Waals surface area contributed by atoms with Gasteiger partial charge >= 0.3 is 5.97 Å². The van der Waals surface area contributed by atoms with Crippen LogP contribution in [-0.4, -0.2) is 51.9 Å². The van der Waals surface area contributed by atoms with Crippen LogP contribution in [0, 0.1) is 0 Å². The van der Waals surface area contributed by atoms with Crippen molar-refractivity contribution < 1.29 is 23.5 Å². The van der Waals surface area contributed by atoms with E-state index in [0.717, 1.165) is 5.56 Å². The molecule has 8 heteroatoms. The maximum Gasteiger partial charge on any atom is 0.338 e. The third-order valence-electron chi connectivity index (χ3n) is 4.71. The lowest BCUT2D eigenvalue weighted by atomic mass is 10.1. The third-order valence-corrected chi connectivity index (χ3v) is 5.15. The Kier molecular flexibility index (Phi) is 6.70. The zero-order chi connectivity index (χ0) is 22.7. The molecule has 1 saturated heterocycles. The molecule has 7 nitrogen and oxygen atoms in total. The van der Waals surface area contributed by atoms with Crippen LogP contribution in [0.5, 0.6) is 0 Å². The number of esters is 1.